The van der Waals surface area contributed by atoms with E-state index >= 15 is 0 Å². The first-order valence-corrected chi connectivity index (χ1v) is 2.77. The van der Waals surface area contributed by atoms with Crippen molar-refractivity contribution in [2.45, 2.75) is 20.8 Å². The van der Waals surface area contributed by atoms with Crippen molar-refractivity contribution in [1.29, 1.82) is 0 Å². The molecule has 10 heavy (non-hydrogen) atoms. The van der Waals surface area contributed by atoms with Gasteiger partial charge in [-0.15, -0.1) is 0 Å². The molecule has 56 valence electrons. The topological polar surface area (TPSA) is 60.2 Å². The monoisotopic (exact) mass is 171 g/mol. The average Bonchev–Trinajstić information content (AvgIpc) is 1.68. The van der Waals surface area contributed by atoms with Gasteiger partial charge in [-0.3, -0.25) is 9.59 Å². The van der Waals surface area contributed by atoms with E-state index in [1.54, 1.807) is 0 Å². The normalized spacial score (nSPS) is 6.40. The van der Waals surface area contributed by atoms with Crippen LogP contribution in [-0.4, -0.2) is 69.5 Å². The maximum atomic E-state index is 9.79. The van der Waals surface area contributed by atoms with Crippen molar-refractivity contribution < 1.29 is 9.59 Å². The predicted octanol–water partition coefficient (Wildman–Crippen LogP) is -0.519. The van der Waals surface area contributed by atoms with E-state index < -0.39 is 0 Å². The molecule has 0 aliphatic carbocycles. The van der Waals surface area contributed by atoms with Gasteiger partial charge in [-0.1, -0.05) is 6.92 Å². The Morgan fingerprint density at radius 1 is 1.20 bits per heavy atom. The number of rotatable bonds is 1. The second-order valence-electron chi connectivity index (χ2n) is 1.52. The average molecular weight is 171 g/mol. The fraction of sp³-hybridized carbons (Fsp3) is 0.667. The Hall–Kier alpha value is 0.936. The van der Waals surface area contributed by atoms with Crippen LogP contribution in [0.5, 0.6) is 0 Å². The second-order valence-corrected chi connectivity index (χ2v) is 1.52. The summed E-state index contributed by atoms with van der Waals surface area (Å²) in [4.78, 5) is 19.6. The Bertz CT molecular complexity index is 91.9. The number of hydrogen-bond donors (Lipinski definition) is 1. The number of carbonyl (C=O) groups excluding carboxylic acids is 2. The molecular formula is C6H14KNO2. The molecule has 0 rings (SSSR count). The molecule has 0 bridgehead atoms. The molecule has 0 radical (unpaired) electrons. The molecule has 0 saturated carbocycles. The molecule has 0 amide bonds. The Morgan fingerprint density at radius 2 is 1.30 bits per heavy atom. The van der Waals surface area contributed by atoms with Crippen LogP contribution in [0.1, 0.15) is 20.8 Å². The Balaban J connectivity index is -0.000000107. The minimum absolute atomic E-state index is 0. The summed E-state index contributed by atoms with van der Waals surface area (Å²) in [6, 6.07) is 0. The van der Waals surface area contributed by atoms with Crippen molar-refractivity contribution >= 4 is 63.0 Å². The number of nitrogens with two attached hydrogens (primary N) is 1. The van der Waals surface area contributed by atoms with Crippen molar-refractivity contribution in [2.75, 3.05) is 6.54 Å². The van der Waals surface area contributed by atoms with Gasteiger partial charge < -0.3 is 5.73 Å². The molecule has 0 aromatic heterocycles. The molecule has 2 N–H and O–H groups in total. The van der Waals surface area contributed by atoms with Crippen molar-refractivity contribution in [3.8, 4) is 0 Å². The molecule has 3 nitrogen and oxygen atoms in total. The van der Waals surface area contributed by atoms with Gasteiger partial charge >= 0.3 is 51.4 Å². The standard InChI is InChI=1S/C4H6O2.C2H7N.K.H/c1-3(5)4(2)6;1-2-3;;/h1-2H3;2-3H2,1H3;;. The quantitative estimate of drug-likeness (QED) is 0.426. The fourth-order valence-corrected chi connectivity index (χ4v) is 0. The zero-order valence-corrected chi connectivity index (χ0v) is 6.10. The van der Waals surface area contributed by atoms with Crippen molar-refractivity contribution in [1.82, 2.24) is 0 Å². The number of hydrogen-bond acceptors (Lipinski definition) is 3. The molecule has 0 heterocycles. The van der Waals surface area contributed by atoms with Crippen LogP contribution in [-0.2, 0) is 9.59 Å². The van der Waals surface area contributed by atoms with Gasteiger partial charge in [0, 0.05) is 13.8 Å². The molecular weight excluding hydrogens is 157 g/mol. The van der Waals surface area contributed by atoms with Gasteiger partial charge in [0.05, 0.1) is 0 Å². The summed E-state index contributed by atoms with van der Waals surface area (Å²) < 4.78 is 0. The van der Waals surface area contributed by atoms with Gasteiger partial charge in [0.1, 0.15) is 0 Å². The Morgan fingerprint density at radius 3 is 1.30 bits per heavy atom. The van der Waals surface area contributed by atoms with E-state index in [1.807, 2.05) is 6.92 Å². The number of carbonyl (C=O) groups is 2. The summed E-state index contributed by atoms with van der Waals surface area (Å²) in [5.74, 6) is -0.759. The van der Waals surface area contributed by atoms with Crippen LogP contribution < -0.4 is 5.73 Å². The van der Waals surface area contributed by atoms with E-state index in [1.165, 1.54) is 13.8 Å². The minimum atomic E-state index is -0.380. The molecule has 0 aromatic rings. The van der Waals surface area contributed by atoms with Crippen LogP contribution in [0.15, 0.2) is 0 Å². The van der Waals surface area contributed by atoms with Gasteiger partial charge in [-0.25, -0.2) is 0 Å². The van der Waals surface area contributed by atoms with Gasteiger partial charge in [-0.2, -0.15) is 0 Å². The first-order chi connectivity index (χ1) is 4.06. The van der Waals surface area contributed by atoms with E-state index in [2.05, 4.69) is 0 Å². The molecule has 0 fully saturated rings. The van der Waals surface area contributed by atoms with E-state index in [0.717, 1.165) is 6.54 Å². The molecule has 0 spiro atoms. The van der Waals surface area contributed by atoms with Gasteiger partial charge in [0.25, 0.3) is 0 Å². The zero-order chi connectivity index (χ0) is 7.86. The summed E-state index contributed by atoms with van der Waals surface area (Å²) in [5.41, 5.74) is 4.85. The summed E-state index contributed by atoms with van der Waals surface area (Å²) in [6.45, 7) is 5.16. The first kappa shape index (κ1) is 17.1. The molecule has 0 aliphatic heterocycles. The van der Waals surface area contributed by atoms with Crippen LogP contribution in [0.3, 0.4) is 0 Å². The van der Waals surface area contributed by atoms with Gasteiger partial charge in [0.2, 0.25) is 0 Å². The van der Waals surface area contributed by atoms with Crippen LogP contribution >= 0.6 is 0 Å². The Kier molecular flexibility index (Phi) is 21.6. The number of Topliss-reactive ketones (excluding diaryl/α,β-unsaturated/α-hetero) is 2. The maximum absolute atomic E-state index is 9.79. The third-order valence-corrected chi connectivity index (χ3v) is 0.496. The van der Waals surface area contributed by atoms with E-state index in [0.29, 0.717) is 0 Å². The summed E-state index contributed by atoms with van der Waals surface area (Å²) >= 11 is 0. The molecule has 0 atom stereocenters. The third kappa shape index (κ3) is 23.1. The van der Waals surface area contributed by atoms with Gasteiger partial charge in [-0.05, 0) is 6.54 Å². The predicted molar refractivity (Wildman–Crippen MR) is 43.2 cm³/mol. The van der Waals surface area contributed by atoms with Crippen molar-refractivity contribution in [3.05, 3.63) is 0 Å². The van der Waals surface area contributed by atoms with Crippen molar-refractivity contribution in [2.24, 2.45) is 5.73 Å². The van der Waals surface area contributed by atoms with Gasteiger partial charge in [0.15, 0.2) is 11.6 Å². The van der Waals surface area contributed by atoms with Crippen LogP contribution in [0.25, 0.3) is 0 Å². The van der Waals surface area contributed by atoms with E-state index in [-0.39, 0.29) is 63.0 Å². The zero-order valence-electron chi connectivity index (χ0n) is 6.10. The third-order valence-electron chi connectivity index (χ3n) is 0.496. The van der Waals surface area contributed by atoms with Crippen LogP contribution in [0.2, 0.25) is 0 Å². The second kappa shape index (κ2) is 12.6. The molecule has 0 unspecified atom stereocenters. The number of ketones is 2. The molecule has 0 aromatic carbocycles. The van der Waals surface area contributed by atoms with Crippen molar-refractivity contribution in [3.63, 3.8) is 0 Å². The molecule has 0 saturated heterocycles. The van der Waals surface area contributed by atoms with E-state index in [9.17, 15) is 9.59 Å². The Labute approximate surface area is 104 Å². The summed E-state index contributed by atoms with van der Waals surface area (Å²) in [7, 11) is 0. The summed E-state index contributed by atoms with van der Waals surface area (Å²) in [6.07, 6.45) is 0. The molecule has 4 heteroatoms. The fourth-order valence-electron chi connectivity index (χ4n) is 0. The van der Waals surface area contributed by atoms with Crippen LogP contribution in [0.4, 0.5) is 0 Å². The SMILES string of the molecule is CC(=O)C(C)=O.CCN.[KH]. The summed E-state index contributed by atoms with van der Waals surface area (Å²) in [5, 5.41) is 0. The van der Waals surface area contributed by atoms with E-state index in [4.69, 9.17) is 5.73 Å². The van der Waals surface area contributed by atoms with Crippen LogP contribution in [0, 0.1) is 0 Å². The first-order valence-electron chi connectivity index (χ1n) is 2.77. The molecule has 0 aliphatic rings.